The van der Waals surface area contributed by atoms with E-state index in [0.717, 1.165) is 0 Å². The Morgan fingerprint density at radius 2 is 2.18 bits per heavy atom. The first-order chi connectivity index (χ1) is 8.06. The average molecular weight is 258 g/mol. The molecule has 5 nitrogen and oxygen atoms in total. The summed E-state index contributed by atoms with van der Waals surface area (Å²) in [4.78, 5) is 22.3. The maximum absolute atomic E-state index is 11.4. The van der Waals surface area contributed by atoms with E-state index in [4.69, 9.17) is 21.4 Å². The van der Waals surface area contributed by atoms with Crippen molar-refractivity contribution in [2.75, 3.05) is 18.5 Å². The number of carbonyl (C=O) groups is 2. The van der Waals surface area contributed by atoms with Crippen LogP contribution in [0.2, 0.25) is 5.02 Å². The van der Waals surface area contributed by atoms with Gasteiger partial charge in [-0.15, -0.1) is 0 Å². The summed E-state index contributed by atoms with van der Waals surface area (Å²) >= 11 is 5.83. The molecule has 0 saturated carbocycles. The summed E-state index contributed by atoms with van der Waals surface area (Å²) in [6, 6.07) is 4.37. The average Bonchev–Trinajstić information content (AvgIpc) is 2.28. The Hall–Kier alpha value is -1.59. The van der Waals surface area contributed by atoms with Crippen molar-refractivity contribution in [1.29, 1.82) is 0 Å². The summed E-state index contributed by atoms with van der Waals surface area (Å²) < 4.78 is 4.91. The van der Waals surface area contributed by atoms with E-state index in [1.54, 1.807) is 6.92 Å². The van der Waals surface area contributed by atoms with Crippen molar-refractivity contribution in [3.8, 4) is 0 Å². The van der Waals surface area contributed by atoms with Gasteiger partial charge in [0, 0.05) is 6.61 Å². The molecule has 0 bridgehead atoms. The zero-order valence-corrected chi connectivity index (χ0v) is 9.95. The van der Waals surface area contributed by atoms with Gasteiger partial charge in [0.05, 0.1) is 16.3 Å². The Bertz CT molecular complexity index is 433. The van der Waals surface area contributed by atoms with Crippen molar-refractivity contribution in [2.45, 2.75) is 6.92 Å². The second kappa shape index (κ2) is 6.22. The fourth-order valence-electron chi connectivity index (χ4n) is 1.20. The second-order valence-electron chi connectivity index (χ2n) is 3.15. The number of aromatic carboxylic acids is 1. The molecule has 6 heteroatoms. The van der Waals surface area contributed by atoms with Gasteiger partial charge in [-0.2, -0.15) is 0 Å². The van der Waals surface area contributed by atoms with Gasteiger partial charge < -0.3 is 15.2 Å². The van der Waals surface area contributed by atoms with E-state index in [1.165, 1.54) is 18.2 Å². The Morgan fingerprint density at radius 1 is 1.47 bits per heavy atom. The molecule has 92 valence electrons. The topological polar surface area (TPSA) is 75.6 Å². The first-order valence-corrected chi connectivity index (χ1v) is 5.33. The van der Waals surface area contributed by atoms with Crippen molar-refractivity contribution in [2.24, 2.45) is 0 Å². The third-order valence-corrected chi connectivity index (χ3v) is 2.26. The summed E-state index contributed by atoms with van der Waals surface area (Å²) in [5.74, 6) is -1.60. The van der Waals surface area contributed by atoms with Crippen molar-refractivity contribution in [3.05, 3.63) is 28.8 Å². The molecule has 0 fully saturated rings. The van der Waals surface area contributed by atoms with Crippen LogP contribution in [0.4, 0.5) is 5.69 Å². The number of anilines is 1. The highest BCUT2D eigenvalue weighted by molar-refractivity contribution is 6.34. The minimum absolute atomic E-state index is 0.0534. The molecule has 17 heavy (non-hydrogen) atoms. The number of rotatable bonds is 5. The number of ether oxygens (including phenoxy) is 1. The lowest BCUT2D eigenvalue weighted by Crippen LogP contribution is -2.20. The molecule has 0 aliphatic rings. The van der Waals surface area contributed by atoms with E-state index in [0.29, 0.717) is 6.61 Å². The molecule has 0 radical (unpaired) electrons. The lowest BCUT2D eigenvalue weighted by atomic mass is 10.2. The number of para-hydroxylation sites is 1. The third kappa shape index (κ3) is 3.72. The van der Waals surface area contributed by atoms with E-state index in [2.05, 4.69) is 5.32 Å². The summed E-state index contributed by atoms with van der Waals surface area (Å²) in [6.07, 6.45) is 0. The van der Waals surface area contributed by atoms with E-state index < -0.39 is 11.9 Å². The number of benzene rings is 1. The van der Waals surface area contributed by atoms with Crippen LogP contribution in [0.3, 0.4) is 0 Å². The number of carbonyl (C=O) groups excluding carboxylic acids is 1. The predicted molar refractivity (Wildman–Crippen MR) is 63.5 cm³/mol. The monoisotopic (exact) mass is 257 g/mol. The van der Waals surface area contributed by atoms with Gasteiger partial charge in [0.25, 0.3) is 0 Å². The number of hydrogen-bond donors (Lipinski definition) is 2. The van der Waals surface area contributed by atoms with Crippen molar-refractivity contribution in [3.63, 3.8) is 0 Å². The van der Waals surface area contributed by atoms with Crippen LogP contribution in [-0.2, 0) is 9.53 Å². The number of nitrogens with one attached hydrogen (secondary N) is 1. The normalized spacial score (nSPS) is 10.0. The maximum atomic E-state index is 11.4. The molecule has 0 unspecified atom stereocenters. The number of carboxylic acids is 1. The molecule has 0 aliphatic carbocycles. The van der Waals surface area contributed by atoms with Gasteiger partial charge in [0.1, 0.15) is 6.61 Å². The molecule has 0 heterocycles. The maximum Gasteiger partial charge on any atom is 0.337 e. The first kappa shape index (κ1) is 13.5. The minimum atomic E-state index is -1.15. The van der Waals surface area contributed by atoms with Crippen LogP contribution >= 0.6 is 11.6 Å². The van der Waals surface area contributed by atoms with Crippen LogP contribution in [0.5, 0.6) is 0 Å². The highest BCUT2D eigenvalue weighted by Crippen LogP contribution is 2.25. The van der Waals surface area contributed by atoms with Crippen LogP contribution in [0.25, 0.3) is 0 Å². The lowest BCUT2D eigenvalue weighted by molar-refractivity contribution is -0.120. The third-order valence-electron chi connectivity index (χ3n) is 1.95. The van der Waals surface area contributed by atoms with E-state index in [-0.39, 0.29) is 22.9 Å². The standard InChI is InChI=1S/C11H12ClNO4/c1-2-17-6-9(14)13-10-7(11(15)16)4-3-5-8(10)12/h3-5H,2,6H2,1H3,(H,13,14)(H,15,16). The molecule has 0 atom stereocenters. The smallest absolute Gasteiger partial charge is 0.337 e. The van der Waals surface area contributed by atoms with E-state index in [9.17, 15) is 9.59 Å². The SMILES string of the molecule is CCOCC(=O)Nc1c(Cl)cccc1C(=O)O. The fourth-order valence-corrected chi connectivity index (χ4v) is 1.42. The summed E-state index contributed by atoms with van der Waals surface area (Å²) in [5.41, 5.74) is 0.0359. The summed E-state index contributed by atoms with van der Waals surface area (Å²) in [6.45, 7) is 2.02. The molecule has 1 aromatic carbocycles. The summed E-state index contributed by atoms with van der Waals surface area (Å²) in [7, 11) is 0. The van der Waals surface area contributed by atoms with Crippen LogP contribution in [-0.4, -0.2) is 30.2 Å². The van der Waals surface area contributed by atoms with Gasteiger partial charge in [0.2, 0.25) is 5.91 Å². The fraction of sp³-hybridized carbons (Fsp3) is 0.273. The van der Waals surface area contributed by atoms with Gasteiger partial charge >= 0.3 is 5.97 Å². The zero-order valence-electron chi connectivity index (χ0n) is 9.20. The van der Waals surface area contributed by atoms with Crippen molar-refractivity contribution < 1.29 is 19.4 Å². The summed E-state index contributed by atoms with van der Waals surface area (Å²) in [5, 5.41) is 11.5. The van der Waals surface area contributed by atoms with Gasteiger partial charge in [-0.3, -0.25) is 4.79 Å². The van der Waals surface area contributed by atoms with E-state index >= 15 is 0 Å². The Labute approximate surface area is 103 Å². The molecule has 1 aromatic rings. The molecule has 0 spiro atoms. The van der Waals surface area contributed by atoms with Gasteiger partial charge in [0.15, 0.2) is 0 Å². The minimum Gasteiger partial charge on any atom is -0.478 e. The largest absolute Gasteiger partial charge is 0.478 e. The predicted octanol–water partition coefficient (Wildman–Crippen LogP) is 2.01. The molecule has 0 aliphatic heterocycles. The molecule has 2 N–H and O–H groups in total. The number of hydrogen-bond acceptors (Lipinski definition) is 3. The number of halogens is 1. The van der Waals surface area contributed by atoms with Crippen LogP contribution in [0.1, 0.15) is 17.3 Å². The highest BCUT2D eigenvalue weighted by atomic mass is 35.5. The zero-order chi connectivity index (χ0) is 12.8. The van der Waals surface area contributed by atoms with Gasteiger partial charge in [-0.05, 0) is 19.1 Å². The quantitative estimate of drug-likeness (QED) is 0.846. The van der Waals surface area contributed by atoms with Crippen molar-refractivity contribution >= 4 is 29.2 Å². The Balaban J connectivity index is 2.89. The number of carboxylic acid groups (broad SMARTS) is 1. The number of amides is 1. The molecule has 0 aromatic heterocycles. The first-order valence-electron chi connectivity index (χ1n) is 4.95. The van der Waals surface area contributed by atoms with Gasteiger partial charge in [-0.25, -0.2) is 4.79 Å². The Morgan fingerprint density at radius 3 is 2.76 bits per heavy atom. The van der Waals surface area contributed by atoms with Crippen LogP contribution in [0.15, 0.2) is 18.2 Å². The molecular formula is C11H12ClNO4. The lowest BCUT2D eigenvalue weighted by Gasteiger charge is -2.10. The van der Waals surface area contributed by atoms with Crippen LogP contribution in [0, 0.1) is 0 Å². The van der Waals surface area contributed by atoms with Gasteiger partial charge in [-0.1, -0.05) is 17.7 Å². The van der Waals surface area contributed by atoms with Crippen LogP contribution < -0.4 is 5.32 Å². The highest BCUT2D eigenvalue weighted by Gasteiger charge is 2.15. The molecule has 0 saturated heterocycles. The van der Waals surface area contributed by atoms with Crippen molar-refractivity contribution in [1.82, 2.24) is 0 Å². The Kier molecular flexibility index (Phi) is 4.93. The second-order valence-corrected chi connectivity index (χ2v) is 3.56. The van der Waals surface area contributed by atoms with E-state index in [1.807, 2.05) is 0 Å². The molecule has 1 rings (SSSR count). The molecule has 1 amide bonds. The molecular weight excluding hydrogens is 246 g/mol.